The SMILES string of the molecule is Cc1nnc(-c2ccc(NCc3ccccc3N3CCCCC3)cc2)o1. The molecule has 0 unspecified atom stereocenters. The van der Waals surface area contributed by atoms with Crippen molar-refractivity contribution in [3.63, 3.8) is 0 Å². The van der Waals surface area contributed by atoms with Crippen molar-refractivity contribution in [3.8, 4) is 11.5 Å². The Balaban J connectivity index is 1.44. The minimum atomic E-state index is 0.560. The number of hydrogen-bond acceptors (Lipinski definition) is 5. The van der Waals surface area contributed by atoms with Crippen molar-refractivity contribution in [2.75, 3.05) is 23.3 Å². The van der Waals surface area contributed by atoms with Crippen molar-refractivity contribution in [2.24, 2.45) is 0 Å². The summed E-state index contributed by atoms with van der Waals surface area (Å²) in [6, 6.07) is 16.8. The Labute approximate surface area is 154 Å². The zero-order valence-corrected chi connectivity index (χ0v) is 15.1. The van der Waals surface area contributed by atoms with E-state index in [0.717, 1.165) is 30.9 Å². The molecule has 1 aliphatic rings. The van der Waals surface area contributed by atoms with Gasteiger partial charge in [-0.15, -0.1) is 10.2 Å². The third-order valence-corrected chi connectivity index (χ3v) is 4.83. The Bertz CT molecular complexity index is 850. The molecule has 0 bridgehead atoms. The van der Waals surface area contributed by atoms with Gasteiger partial charge in [-0.25, -0.2) is 0 Å². The molecule has 0 spiro atoms. The lowest BCUT2D eigenvalue weighted by molar-refractivity contribution is 0.533. The molecule has 0 aliphatic carbocycles. The second-order valence-electron chi connectivity index (χ2n) is 6.73. The van der Waals surface area contributed by atoms with Crippen LogP contribution in [0.2, 0.25) is 0 Å². The lowest BCUT2D eigenvalue weighted by Gasteiger charge is -2.30. The van der Waals surface area contributed by atoms with E-state index in [1.807, 2.05) is 12.1 Å². The molecule has 0 radical (unpaired) electrons. The molecule has 5 nitrogen and oxygen atoms in total. The van der Waals surface area contributed by atoms with E-state index >= 15 is 0 Å². The highest BCUT2D eigenvalue weighted by molar-refractivity contribution is 5.59. The Kier molecular flexibility index (Phi) is 4.86. The van der Waals surface area contributed by atoms with Crippen LogP contribution < -0.4 is 10.2 Å². The summed E-state index contributed by atoms with van der Waals surface area (Å²) in [7, 11) is 0. The monoisotopic (exact) mass is 348 g/mol. The molecule has 2 heterocycles. The number of anilines is 2. The van der Waals surface area contributed by atoms with Crippen LogP contribution >= 0.6 is 0 Å². The van der Waals surface area contributed by atoms with Gasteiger partial charge >= 0.3 is 0 Å². The number of aryl methyl sites for hydroxylation is 1. The first-order valence-electron chi connectivity index (χ1n) is 9.27. The van der Waals surface area contributed by atoms with Crippen LogP contribution in [0.4, 0.5) is 11.4 Å². The zero-order chi connectivity index (χ0) is 17.8. The van der Waals surface area contributed by atoms with Gasteiger partial charge in [-0.05, 0) is 55.2 Å². The molecule has 134 valence electrons. The second kappa shape index (κ2) is 7.60. The van der Waals surface area contributed by atoms with Crippen molar-refractivity contribution in [2.45, 2.75) is 32.7 Å². The number of hydrogen-bond donors (Lipinski definition) is 1. The van der Waals surface area contributed by atoms with Crippen LogP contribution in [-0.4, -0.2) is 23.3 Å². The van der Waals surface area contributed by atoms with Crippen LogP contribution in [0, 0.1) is 6.92 Å². The third-order valence-electron chi connectivity index (χ3n) is 4.83. The Morgan fingerprint density at radius 2 is 1.73 bits per heavy atom. The Morgan fingerprint density at radius 1 is 0.962 bits per heavy atom. The Morgan fingerprint density at radius 3 is 2.46 bits per heavy atom. The normalized spacial score (nSPS) is 14.4. The number of benzene rings is 2. The number of para-hydroxylation sites is 1. The molecule has 1 N–H and O–H groups in total. The summed E-state index contributed by atoms with van der Waals surface area (Å²) >= 11 is 0. The summed E-state index contributed by atoms with van der Waals surface area (Å²) in [5.41, 5.74) is 4.71. The van der Waals surface area contributed by atoms with Crippen molar-refractivity contribution in [1.82, 2.24) is 10.2 Å². The lowest BCUT2D eigenvalue weighted by atomic mass is 10.1. The van der Waals surface area contributed by atoms with Crippen LogP contribution in [0.3, 0.4) is 0 Å². The third kappa shape index (κ3) is 3.72. The molecule has 0 saturated carbocycles. The lowest BCUT2D eigenvalue weighted by Crippen LogP contribution is -2.30. The number of piperidine rings is 1. The largest absolute Gasteiger partial charge is 0.421 e. The van der Waals surface area contributed by atoms with Gasteiger partial charge in [0.15, 0.2) is 0 Å². The van der Waals surface area contributed by atoms with Gasteiger partial charge in [0.25, 0.3) is 0 Å². The highest BCUT2D eigenvalue weighted by Gasteiger charge is 2.14. The minimum Gasteiger partial charge on any atom is -0.421 e. The second-order valence-corrected chi connectivity index (χ2v) is 6.73. The van der Waals surface area contributed by atoms with E-state index in [1.54, 1.807) is 6.92 Å². The molecule has 2 aromatic carbocycles. The number of rotatable bonds is 5. The molecule has 3 aromatic rings. The van der Waals surface area contributed by atoms with E-state index in [0.29, 0.717) is 11.8 Å². The average Bonchev–Trinajstić information content (AvgIpc) is 3.14. The first-order chi connectivity index (χ1) is 12.8. The number of nitrogens with zero attached hydrogens (tertiary/aromatic N) is 3. The van der Waals surface area contributed by atoms with E-state index in [1.165, 1.54) is 30.5 Å². The van der Waals surface area contributed by atoms with Gasteiger partial charge < -0.3 is 14.6 Å². The summed E-state index contributed by atoms with van der Waals surface area (Å²) in [5, 5.41) is 11.5. The van der Waals surface area contributed by atoms with Crippen LogP contribution in [0.5, 0.6) is 0 Å². The van der Waals surface area contributed by atoms with Crippen molar-refractivity contribution in [3.05, 3.63) is 60.0 Å². The van der Waals surface area contributed by atoms with Gasteiger partial charge in [0.1, 0.15) is 0 Å². The summed E-state index contributed by atoms with van der Waals surface area (Å²) < 4.78 is 5.47. The average molecular weight is 348 g/mol. The van der Waals surface area contributed by atoms with Crippen molar-refractivity contribution < 1.29 is 4.42 Å². The maximum atomic E-state index is 5.47. The maximum Gasteiger partial charge on any atom is 0.247 e. The first-order valence-corrected chi connectivity index (χ1v) is 9.27. The minimum absolute atomic E-state index is 0.560. The van der Waals surface area contributed by atoms with Crippen molar-refractivity contribution >= 4 is 11.4 Å². The fourth-order valence-electron chi connectivity index (χ4n) is 3.44. The molecule has 4 rings (SSSR count). The number of nitrogens with one attached hydrogen (secondary N) is 1. The number of aromatic nitrogens is 2. The highest BCUT2D eigenvalue weighted by atomic mass is 16.4. The molecule has 0 amide bonds. The van der Waals surface area contributed by atoms with Gasteiger partial charge in [0.2, 0.25) is 11.8 Å². The fourth-order valence-corrected chi connectivity index (χ4v) is 3.44. The predicted molar refractivity (Wildman–Crippen MR) is 104 cm³/mol. The van der Waals surface area contributed by atoms with Gasteiger partial charge in [0, 0.05) is 43.5 Å². The summed E-state index contributed by atoms with van der Waals surface area (Å²) in [6.07, 6.45) is 3.93. The van der Waals surface area contributed by atoms with Crippen molar-refractivity contribution in [1.29, 1.82) is 0 Å². The van der Waals surface area contributed by atoms with Crippen LogP contribution in [-0.2, 0) is 6.54 Å². The smallest absolute Gasteiger partial charge is 0.247 e. The van der Waals surface area contributed by atoms with Gasteiger partial charge in [-0.3, -0.25) is 0 Å². The standard InChI is InChI=1S/C21H24N4O/c1-16-23-24-21(26-16)17-9-11-19(12-10-17)22-15-18-7-3-4-8-20(18)25-13-5-2-6-14-25/h3-4,7-12,22H,2,5-6,13-15H2,1H3. The van der Waals surface area contributed by atoms with Crippen LogP contribution in [0.25, 0.3) is 11.5 Å². The molecule has 0 atom stereocenters. The summed E-state index contributed by atoms with van der Waals surface area (Å²) in [6.45, 7) is 4.93. The maximum absolute atomic E-state index is 5.47. The molecular weight excluding hydrogens is 324 g/mol. The van der Waals surface area contributed by atoms with Crippen LogP contribution in [0.15, 0.2) is 52.9 Å². The summed E-state index contributed by atoms with van der Waals surface area (Å²) in [5.74, 6) is 1.14. The van der Waals surface area contributed by atoms with E-state index in [-0.39, 0.29) is 0 Å². The van der Waals surface area contributed by atoms with Crippen LogP contribution in [0.1, 0.15) is 30.7 Å². The first kappa shape index (κ1) is 16.6. The van der Waals surface area contributed by atoms with Gasteiger partial charge in [0.05, 0.1) is 0 Å². The molecule has 1 saturated heterocycles. The molecule has 5 heteroatoms. The summed E-state index contributed by atoms with van der Waals surface area (Å²) in [4.78, 5) is 2.52. The Hall–Kier alpha value is -2.82. The van der Waals surface area contributed by atoms with E-state index in [4.69, 9.17) is 4.42 Å². The van der Waals surface area contributed by atoms with Gasteiger partial charge in [-0.2, -0.15) is 0 Å². The van der Waals surface area contributed by atoms with E-state index in [2.05, 4.69) is 56.8 Å². The molecule has 1 fully saturated rings. The molecule has 1 aliphatic heterocycles. The topological polar surface area (TPSA) is 54.2 Å². The van der Waals surface area contributed by atoms with E-state index < -0.39 is 0 Å². The molecule has 1 aromatic heterocycles. The highest BCUT2D eigenvalue weighted by Crippen LogP contribution is 2.25. The zero-order valence-electron chi connectivity index (χ0n) is 15.1. The van der Waals surface area contributed by atoms with E-state index in [9.17, 15) is 0 Å². The van der Waals surface area contributed by atoms with Gasteiger partial charge in [-0.1, -0.05) is 18.2 Å². The predicted octanol–water partition coefficient (Wildman–Crippen LogP) is 4.65. The fraction of sp³-hybridized carbons (Fsp3) is 0.333. The molecule has 26 heavy (non-hydrogen) atoms. The molecular formula is C21H24N4O. The quantitative estimate of drug-likeness (QED) is 0.727.